The molecule has 1 amide bonds. The lowest BCUT2D eigenvalue weighted by Crippen LogP contribution is -2.43. The first-order valence-corrected chi connectivity index (χ1v) is 8.46. The van der Waals surface area contributed by atoms with Gasteiger partial charge in [0.05, 0.1) is 4.88 Å². The molecule has 0 unspecified atom stereocenters. The van der Waals surface area contributed by atoms with Crippen LogP contribution in [0.3, 0.4) is 0 Å². The van der Waals surface area contributed by atoms with Crippen molar-refractivity contribution in [1.29, 1.82) is 0 Å². The molecule has 6 heteroatoms. The number of hydrogen-bond acceptors (Lipinski definition) is 3. The van der Waals surface area contributed by atoms with Gasteiger partial charge in [-0.3, -0.25) is 9.79 Å². The molecule has 1 aromatic heterocycles. The summed E-state index contributed by atoms with van der Waals surface area (Å²) >= 11 is 1.46. The van der Waals surface area contributed by atoms with Gasteiger partial charge >= 0.3 is 0 Å². The molecule has 1 aromatic rings. The van der Waals surface area contributed by atoms with E-state index in [-0.39, 0.29) is 5.91 Å². The molecule has 1 aliphatic rings. The van der Waals surface area contributed by atoms with Crippen molar-refractivity contribution < 1.29 is 4.79 Å². The van der Waals surface area contributed by atoms with Crippen molar-refractivity contribution in [2.75, 3.05) is 20.1 Å². The molecule has 0 saturated heterocycles. The zero-order chi connectivity index (χ0) is 14.9. The van der Waals surface area contributed by atoms with E-state index in [2.05, 4.69) is 20.9 Å². The second-order valence-corrected chi connectivity index (χ2v) is 6.16. The topological polar surface area (TPSA) is 65.5 Å². The molecule has 0 aromatic carbocycles. The van der Waals surface area contributed by atoms with Gasteiger partial charge < -0.3 is 16.0 Å². The van der Waals surface area contributed by atoms with Gasteiger partial charge in [0.25, 0.3) is 5.91 Å². The minimum absolute atomic E-state index is 0.0125. The number of aliphatic imine (C=N–C) groups is 1. The molecule has 1 aliphatic carbocycles. The molecule has 1 saturated carbocycles. The van der Waals surface area contributed by atoms with E-state index >= 15 is 0 Å². The van der Waals surface area contributed by atoms with Gasteiger partial charge in [0.1, 0.15) is 0 Å². The van der Waals surface area contributed by atoms with Crippen LogP contribution in [0.1, 0.15) is 41.8 Å². The largest absolute Gasteiger partial charge is 0.356 e. The molecule has 1 fully saturated rings. The van der Waals surface area contributed by atoms with Crippen molar-refractivity contribution >= 4 is 23.2 Å². The van der Waals surface area contributed by atoms with E-state index in [4.69, 9.17) is 0 Å². The molecule has 1 heterocycles. The molecule has 0 radical (unpaired) electrons. The zero-order valence-electron chi connectivity index (χ0n) is 12.5. The molecular weight excluding hydrogens is 284 g/mol. The van der Waals surface area contributed by atoms with Gasteiger partial charge in [-0.05, 0) is 30.7 Å². The Labute approximate surface area is 130 Å². The first-order valence-electron chi connectivity index (χ1n) is 7.58. The molecule has 3 N–H and O–H groups in total. The van der Waals surface area contributed by atoms with Crippen molar-refractivity contribution in [3.05, 3.63) is 22.4 Å². The Morgan fingerprint density at radius 1 is 1.33 bits per heavy atom. The molecule has 5 nitrogen and oxygen atoms in total. The van der Waals surface area contributed by atoms with Gasteiger partial charge in [-0.1, -0.05) is 18.9 Å². The number of nitrogens with one attached hydrogen (secondary N) is 3. The van der Waals surface area contributed by atoms with E-state index in [9.17, 15) is 4.79 Å². The van der Waals surface area contributed by atoms with Gasteiger partial charge in [0.15, 0.2) is 5.96 Å². The summed E-state index contributed by atoms with van der Waals surface area (Å²) in [5, 5.41) is 11.6. The summed E-state index contributed by atoms with van der Waals surface area (Å²) < 4.78 is 0. The van der Waals surface area contributed by atoms with Crippen molar-refractivity contribution in [1.82, 2.24) is 16.0 Å². The molecule has 0 aliphatic heterocycles. The Balaban J connectivity index is 1.57. The fourth-order valence-corrected chi connectivity index (χ4v) is 3.09. The average Bonchev–Trinajstić information content (AvgIpc) is 3.18. The third-order valence-electron chi connectivity index (χ3n) is 3.60. The van der Waals surface area contributed by atoms with Crippen molar-refractivity contribution in [2.24, 2.45) is 4.99 Å². The van der Waals surface area contributed by atoms with Crippen LogP contribution in [0.15, 0.2) is 22.5 Å². The Kier molecular flexibility index (Phi) is 6.53. The number of hydrogen-bond donors (Lipinski definition) is 3. The second kappa shape index (κ2) is 8.67. The van der Waals surface area contributed by atoms with Crippen LogP contribution in [0.2, 0.25) is 0 Å². The summed E-state index contributed by atoms with van der Waals surface area (Å²) in [6.07, 6.45) is 5.96. The van der Waals surface area contributed by atoms with Gasteiger partial charge in [0.2, 0.25) is 0 Å². The van der Waals surface area contributed by atoms with E-state index in [1.165, 1.54) is 37.0 Å². The first-order chi connectivity index (χ1) is 10.3. The van der Waals surface area contributed by atoms with E-state index in [1.807, 2.05) is 17.5 Å². The lowest BCUT2D eigenvalue weighted by atomic mass is 10.2. The first kappa shape index (κ1) is 15.8. The maximum Gasteiger partial charge on any atom is 0.261 e. The molecule has 0 bridgehead atoms. The lowest BCUT2D eigenvalue weighted by Gasteiger charge is -2.16. The number of thiophene rings is 1. The van der Waals surface area contributed by atoms with Crippen molar-refractivity contribution in [3.8, 4) is 0 Å². The standard InChI is InChI=1S/C15H24N4OS/c1-16-15(19-12-6-2-3-7-12)18-10-5-9-17-14(20)13-8-4-11-21-13/h4,8,11-12H,2-3,5-7,9-10H2,1H3,(H,17,20)(H2,16,18,19). The highest BCUT2D eigenvalue weighted by Crippen LogP contribution is 2.17. The molecular formula is C15H24N4OS. The normalized spacial score (nSPS) is 16.0. The third kappa shape index (κ3) is 5.38. The monoisotopic (exact) mass is 308 g/mol. The summed E-state index contributed by atoms with van der Waals surface area (Å²) in [5.41, 5.74) is 0. The van der Waals surface area contributed by atoms with Crippen molar-refractivity contribution in [2.45, 2.75) is 38.1 Å². The van der Waals surface area contributed by atoms with Crippen LogP contribution in [0.25, 0.3) is 0 Å². The van der Waals surface area contributed by atoms with E-state index in [0.717, 1.165) is 23.8 Å². The predicted octanol–water partition coefficient (Wildman–Crippen LogP) is 1.98. The Bertz CT molecular complexity index is 452. The van der Waals surface area contributed by atoms with Crippen LogP contribution in [0, 0.1) is 0 Å². The number of guanidine groups is 1. The number of carbonyl (C=O) groups excluding carboxylic acids is 1. The highest BCUT2D eigenvalue weighted by Gasteiger charge is 2.15. The lowest BCUT2D eigenvalue weighted by molar-refractivity contribution is 0.0957. The maximum atomic E-state index is 11.7. The van der Waals surface area contributed by atoms with E-state index in [1.54, 1.807) is 7.05 Å². The summed E-state index contributed by atoms with van der Waals surface area (Å²) in [6.45, 7) is 1.47. The molecule has 0 spiro atoms. The van der Waals surface area contributed by atoms with Crippen LogP contribution < -0.4 is 16.0 Å². The zero-order valence-corrected chi connectivity index (χ0v) is 13.3. The average molecular weight is 308 g/mol. The quantitative estimate of drug-likeness (QED) is 0.428. The Hall–Kier alpha value is -1.56. The number of rotatable bonds is 6. The SMILES string of the molecule is CN=C(NCCCNC(=O)c1cccs1)NC1CCCC1. The summed E-state index contributed by atoms with van der Waals surface area (Å²) in [6, 6.07) is 4.29. The van der Waals surface area contributed by atoms with Gasteiger partial charge in [-0.25, -0.2) is 0 Å². The molecule has 21 heavy (non-hydrogen) atoms. The van der Waals surface area contributed by atoms with Crippen LogP contribution in [0.5, 0.6) is 0 Å². The Morgan fingerprint density at radius 2 is 2.10 bits per heavy atom. The van der Waals surface area contributed by atoms with Crippen LogP contribution in [-0.4, -0.2) is 38.0 Å². The van der Waals surface area contributed by atoms with E-state index in [0.29, 0.717) is 12.6 Å². The number of nitrogens with zero attached hydrogens (tertiary/aromatic N) is 1. The minimum Gasteiger partial charge on any atom is -0.356 e. The summed E-state index contributed by atoms with van der Waals surface area (Å²) in [5.74, 6) is 0.880. The fraction of sp³-hybridized carbons (Fsp3) is 0.600. The predicted molar refractivity (Wildman–Crippen MR) is 88.0 cm³/mol. The third-order valence-corrected chi connectivity index (χ3v) is 4.46. The minimum atomic E-state index is 0.0125. The second-order valence-electron chi connectivity index (χ2n) is 5.21. The smallest absolute Gasteiger partial charge is 0.261 e. The maximum absolute atomic E-state index is 11.7. The van der Waals surface area contributed by atoms with Crippen LogP contribution in [-0.2, 0) is 0 Å². The summed E-state index contributed by atoms with van der Waals surface area (Å²) in [4.78, 5) is 16.7. The van der Waals surface area contributed by atoms with Crippen LogP contribution in [0.4, 0.5) is 0 Å². The van der Waals surface area contributed by atoms with Crippen molar-refractivity contribution in [3.63, 3.8) is 0 Å². The summed E-state index contributed by atoms with van der Waals surface area (Å²) in [7, 11) is 1.79. The molecule has 2 rings (SSSR count). The van der Waals surface area contributed by atoms with Gasteiger partial charge in [0, 0.05) is 26.2 Å². The molecule has 116 valence electrons. The fourth-order valence-electron chi connectivity index (χ4n) is 2.45. The Morgan fingerprint density at radius 3 is 2.76 bits per heavy atom. The molecule has 0 atom stereocenters. The number of amides is 1. The van der Waals surface area contributed by atoms with Gasteiger partial charge in [-0.2, -0.15) is 0 Å². The van der Waals surface area contributed by atoms with Gasteiger partial charge in [-0.15, -0.1) is 11.3 Å². The highest BCUT2D eigenvalue weighted by atomic mass is 32.1. The van der Waals surface area contributed by atoms with E-state index < -0.39 is 0 Å². The highest BCUT2D eigenvalue weighted by molar-refractivity contribution is 7.12. The van der Waals surface area contributed by atoms with Crippen LogP contribution >= 0.6 is 11.3 Å². The number of carbonyl (C=O) groups is 1.